The number of oxazole rings is 1. The highest BCUT2D eigenvalue weighted by Crippen LogP contribution is 2.21. The van der Waals surface area contributed by atoms with Crippen molar-refractivity contribution in [2.24, 2.45) is 0 Å². The van der Waals surface area contributed by atoms with Gasteiger partial charge in [-0.05, 0) is 12.8 Å². The molecule has 0 unspecified atom stereocenters. The fourth-order valence-electron chi connectivity index (χ4n) is 2.16. The third-order valence-electron chi connectivity index (χ3n) is 3.13. The third-order valence-corrected chi connectivity index (χ3v) is 3.13. The van der Waals surface area contributed by atoms with Crippen LogP contribution >= 0.6 is 0 Å². The highest BCUT2D eigenvalue weighted by molar-refractivity contribution is 5.11. The van der Waals surface area contributed by atoms with Gasteiger partial charge in [0.1, 0.15) is 5.76 Å². The molecule has 90 valence electrons. The van der Waals surface area contributed by atoms with Crippen LogP contribution in [-0.4, -0.2) is 34.2 Å². The van der Waals surface area contributed by atoms with Gasteiger partial charge in [0.2, 0.25) is 0 Å². The molecule has 1 saturated heterocycles. The van der Waals surface area contributed by atoms with Gasteiger partial charge in [0.05, 0.1) is 11.8 Å². The van der Waals surface area contributed by atoms with Crippen molar-refractivity contribution in [1.29, 1.82) is 0 Å². The summed E-state index contributed by atoms with van der Waals surface area (Å²) in [6.45, 7) is 6.97. The number of aliphatic hydroxyl groups excluding tert-OH is 1. The topological polar surface area (TPSA) is 49.5 Å². The van der Waals surface area contributed by atoms with Crippen LogP contribution in [0.5, 0.6) is 0 Å². The maximum atomic E-state index is 9.44. The summed E-state index contributed by atoms with van der Waals surface area (Å²) in [5.74, 6) is 1.37. The highest BCUT2D eigenvalue weighted by Gasteiger charge is 2.20. The number of likely N-dealkylation sites (tertiary alicyclic amines) is 1. The van der Waals surface area contributed by atoms with Crippen LogP contribution in [-0.2, 0) is 6.54 Å². The second kappa shape index (κ2) is 4.97. The van der Waals surface area contributed by atoms with E-state index in [0.717, 1.165) is 43.9 Å². The number of rotatable bonds is 3. The second-order valence-electron chi connectivity index (χ2n) is 4.83. The van der Waals surface area contributed by atoms with Crippen molar-refractivity contribution in [2.75, 3.05) is 13.1 Å². The lowest BCUT2D eigenvalue weighted by Gasteiger charge is -2.28. The minimum Gasteiger partial charge on any atom is -0.448 e. The first kappa shape index (κ1) is 11.6. The Morgan fingerprint density at radius 1 is 1.50 bits per heavy atom. The second-order valence-corrected chi connectivity index (χ2v) is 4.83. The lowest BCUT2D eigenvalue weighted by Crippen LogP contribution is -2.35. The van der Waals surface area contributed by atoms with Crippen LogP contribution < -0.4 is 0 Å². The molecule has 1 fully saturated rings. The van der Waals surface area contributed by atoms with Gasteiger partial charge in [-0.25, -0.2) is 4.98 Å². The Kier molecular flexibility index (Phi) is 3.61. The molecule has 1 aliphatic heterocycles. The Bertz CT molecular complexity index is 328. The summed E-state index contributed by atoms with van der Waals surface area (Å²) in [6.07, 6.45) is 3.16. The molecule has 2 heterocycles. The minimum absolute atomic E-state index is 0.113. The van der Waals surface area contributed by atoms with E-state index >= 15 is 0 Å². The molecule has 1 aromatic rings. The van der Waals surface area contributed by atoms with Gasteiger partial charge < -0.3 is 9.52 Å². The van der Waals surface area contributed by atoms with E-state index in [4.69, 9.17) is 4.42 Å². The maximum Gasteiger partial charge on any atom is 0.181 e. The quantitative estimate of drug-likeness (QED) is 0.850. The summed E-state index contributed by atoms with van der Waals surface area (Å²) >= 11 is 0. The van der Waals surface area contributed by atoms with E-state index in [1.165, 1.54) is 6.39 Å². The van der Waals surface area contributed by atoms with Crippen LogP contribution in [0.4, 0.5) is 0 Å². The van der Waals surface area contributed by atoms with Crippen molar-refractivity contribution in [3.8, 4) is 0 Å². The number of hydrogen-bond acceptors (Lipinski definition) is 4. The number of nitrogens with zero attached hydrogens (tertiary/aromatic N) is 2. The van der Waals surface area contributed by atoms with Crippen molar-refractivity contribution >= 4 is 0 Å². The number of piperidine rings is 1. The molecule has 4 heteroatoms. The molecule has 1 N–H and O–H groups in total. The summed E-state index contributed by atoms with van der Waals surface area (Å²) in [6, 6.07) is 0. The molecule has 0 spiro atoms. The Hall–Kier alpha value is -0.870. The molecule has 0 saturated carbocycles. The van der Waals surface area contributed by atoms with Crippen molar-refractivity contribution in [3.05, 3.63) is 17.8 Å². The van der Waals surface area contributed by atoms with E-state index in [2.05, 4.69) is 23.7 Å². The van der Waals surface area contributed by atoms with Gasteiger partial charge in [0, 0.05) is 25.6 Å². The van der Waals surface area contributed by atoms with E-state index in [1.54, 1.807) is 0 Å². The molecule has 16 heavy (non-hydrogen) atoms. The minimum atomic E-state index is -0.113. The summed E-state index contributed by atoms with van der Waals surface area (Å²) < 4.78 is 5.40. The zero-order chi connectivity index (χ0) is 11.5. The average Bonchev–Trinajstić information content (AvgIpc) is 2.69. The van der Waals surface area contributed by atoms with Crippen molar-refractivity contribution in [2.45, 2.75) is 45.3 Å². The van der Waals surface area contributed by atoms with Crippen molar-refractivity contribution in [1.82, 2.24) is 9.88 Å². The maximum absolute atomic E-state index is 9.44. The molecular weight excluding hydrogens is 204 g/mol. The van der Waals surface area contributed by atoms with Gasteiger partial charge in [0.15, 0.2) is 6.39 Å². The summed E-state index contributed by atoms with van der Waals surface area (Å²) in [7, 11) is 0. The smallest absolute Gasteiger partial charge is 0.181 e. The molecule has 1 aromatic heterocycles. The summed E-state index contributed by atoms with van der Waals surface area (Å²) in [4.78, 5) is 6.61. The van der Waals surface area contributed by atoms with Crippen LogP contribution in [0, 0.1) is 0 Å². The SMILES string of the molecule is CC(C)c1ocnc1CN1CCC(O)CC1. The lowest BCUT2D eigenvalue weighted by molar-refractivity contribution is 0.0784. The van der Waals surface area contributed by atoms with Gasteiger partial charge in [-0.1, -0.05) is 13.8 Å². The molecule has 0 amide bonds. The lowest BCUT2D eigenvalue weighted by atomic mass is 10.1. The Morgan fingerprint density at radius 2 is 2.19 bits per heavy atom. The van der Waals surface area contributed by atoms with Crippen LogP contribution in [0.15, 0.2) is 10.8 Å². The van der Waals surface area contributed by atoms with Gasteiger partial charge >= 0.3 is 0 Å². The molecule has 0 atom stereocenters. The van der Waals surface area contributed by atoms with E-state index in [-0.39, 0.29) is 6.10 Å². The number of aliphatic hydroxyl groups is 1. The number of aromatic nitrogens is 1. The number of hydrogen-bond donors (Lipinski definition) is 1. The van der Waals surface area contributed by atoms with E-state index in [1.807, 2.05) is 0 Å². The molecule has 2 rings (SSSR count). The summed E-state index contributed by atoms with van der Waals surface area (Å²) in [5.41, 5.74) is 1.05. The van der Waals surface area contributed by atoms with Crippen LogP contribution in [0.1, 0.15) is 44.1 Å². The Labute approximate surface area is 96.3 Å². The van der Waals surface area contributed by atoms with E-state index in [0.29, 0.717) is 5.92 Å². The molecule has 0 bridgehead atoms. The molecular formula is C12H20N2O2. The molecule has 0 aliphatic carbocycles. The van der Waals surface area contributed by atoms with Gasteiger partial charge in [-0.3, -0.25) is 4.90 Å². The van der Waals surface area contributed by atoms with Crippen LogP contribution in [0.2, 0.25) is 0 Å². The highest BCUT2D eigenvalue weighted by atomic mass is 16.3. The molecule has 0 aromatic carbocycles. The first-order chi connectivity index (χ1) is 7.66. The fraction of sp³-hybridized carbons (Fsp3) is 0.750. The third kappa shape index (κ3) is 2.62. The van der Waals surface area contributed by atoms with Crippen LogP contribution in [0.25, 0.3) is 0 Å². The zero-order valence-corrected chi connectivity index (χ0v) is 10.0. The summed E-state index contributed by atoms with van der Waals surface area (Å²) in [5, 5.41) is 9.44. The van der Waals surface area contributed by atoms with Crippen molar-refractivity contribution in [3.63, 3.8) is 0 Å². The van der Waals surface area contributed by atoms with Gasteiger partial charge in [-0.2, -0.15) is 0 Å². The first-order valence-corrected chi connectivity index (χ1v) is 5.99. The molecule has 4 nitrogen and oxygen atoms in total. The van der Waals surface area contributed by atoms with E-state index in [9.17, 15) is 5.11 Å². The van der Waals surface area contributed by atoms with Crippen molar-refractivity contribution < 1.29 is 9.52 Å². The predicted molar refractivity (Wildman–Crippen MR) is 61.1 cm³/mol. The predicted octanol–water partition coefficient (Wildman–Crippen LogP) is 1.75. The molecule has 1 aliphatic rings. The Balaban J connectivity index is 1.96. The molecule has 0 radical (unpaired) electrons. The average molecular weight is 224 g/mol. The fourth-order valence-corrected chi connectivity index (χ4v) is 2.16. The Morgan fingerprint density at radius 3 is 2.81 bits per heavy atom. The van der Waals surface area contributed by atoms with Gasteiger partial charge in [0.25, 0.3) is 0 Å². The van der Waals surface area contributed by atoms with Crippen LogP contribution in [0.3, 0.4) is 0 Å². The monoisotopic (exact) mass is 224 g/mol. The van der Waals surface area contributed by atoms with Gasteiger partial charge in [-0.15, -0.1) is 0 Å². The normalized spacial score (nSPS) is 19.5. The standard InChI is InChI=1S/C12H20N2O2/c1-9(2)12-11(13-8-16-12)7-14-5-3-10(15)4-6-14/h8-10,15H,3-7H2,1-2H3. The first-order valence-electron chi connectivity index (χ1n) is 5.99. The zero-order valence-electron chi connectivity index (χ0n) is 10.0. The largest absolute Gasteiger partial charge is 0.448 e. The van der Waals surface area contributed by atoms with E-state index < -0.39 is 0 Å².